The third kappa shape index (κ3) is 3.18. The number of amides is 1. The number of hydrogen-bond acceptors (Lipinski definition) is 3. The highest BCUT2D eigenvalue weighted by molar-refractivity contribution is 5.90. The number of carbonyl (C=O) groups is 2. The van der Waals surface area contributed by atoms with Crippen molar-refractivity contribution < 1.29 is 14.3 Å². The molecule has 0 bridgehead atoms. The molecular weight excluding hydrogens is 254 g/mol. The first kappa shape index (κ1) is 14.6. The van der Waals surface area contributed by atoms with Gasteiger partial charge < -0.3 is 10.1 Å². The maximum absolute atomic E-state index is 12.1. The van der Waals surface area contributed by atoms with Crippen LogP contribution in [0.5, 0.6) is 0 Å². The zero-order chi connectivity index (χ0) is 14.9. The number of carbonyl (C=O) groups excluding carboxylic acids is 2. The van der Waals surface area contributed by atoms with E-state index in [4.69, 9.17) is 4.74 Å². The minimum atomic E-state index is -0.630. The van der Waals surface area contributed by atoms with Gasteiger partial charge >= 0.3 is 5.97 Å². The molecule has 20 heavy (non-hydrogen) atoms. The Bertz CT molecular complexity index is 531. The van der Waals surface area contributed by atoms with Crippen molar-refractivity contribution >= 4 is 11.9 Å². The van der Waals surface area contributed by atoms with Crippen molar-refractivity contribution in [2.45, 2.75) is 51.7 Å². The lowest BCUT2D eigenvalue weighted by molar-refractivity contribution is -0.158. The molecule has 0 saturated carbocycles. The second-order valence-corrected chi connectivity index (χ2v) is 6.22. The molecule has 0 aromatic heterocycles. The van der Waals surface area contributed by atoms with Crippen molar-refractivity contribution in [3.05, 3.63) is 35.4 Å². The number of fused-ring (bicyclic) bond motifs is 1. The maximum atomic E-state index is 12.1. The summed E-state index contributed by atoms with van der Waals surface area (Å²) in [6.45, 7) is 7.07. The summed E-state index contributed by atoms with van der Waals surface area (Å²) in [6.07, 6.45) is 0.739. The predicted molar refractivity (Wildman–Crippen MR) is 76.3 cm³/mol. The van der Waals surface area contributed by atoms with Gasteiger partial charge in [0.2, 0.25) is 5.91 Å². The zero-order valence-electron chi connectivity index (χ0n) is 12.4. The minimum Gasteiger partial charge on any atom is -0.458 e. The van der Waals surface area contributed by atoms with E-state index in [0.717, 1.165) is 12.0 Å². The highest BCUT2D eigenvalue weighted by Crippen LogP contribution is 2.34. The lowest BCUT2D eigenvalue weighted by Gasteiger charge is -2.30. The fourth-order valence-electron chi connectivity index (χ4n) is 2.26. The molecule has 1 N–H and O–H groups in total. The normalized spacial score (nSPS) is 18.5. The Morgan fingerprint density at radius 1 is 1.30 bits per heavy atom. The van der Waals surface area contributed by atoms with Gasteiger partial charge in [-0.25, -0.2) is 4.79 Å². The Balaban J connectivity index is 1.92. The summed E-state index contributed by atoms with van der Waals surface area (Å²) in [4.78, 5) is 24.0. The van der Waals surface area contributed by atoms with E-state index in [9.17, 15) is 9.59 Å². The van der Waals surface area contributed by atoms with Crippen molar-refractivity contribution in [2.24, 2.45) is 0 Å². The summed E-state index contributed by atoms with van der Waals surface area (Å²) in [7, 11) is 0. The van der Waals surface area contributed by atoms with Gasteiger partial charge in [-0.1, -0.05) is 24.3 Å². The number of ether oxygens (including phenoxy) is 1. The van der Waals surface area contributed by atoms with Gasteiger partial charge in [-0.2, -0.15) is 0 Å². The van der Waals surface area contributed by atoms with Gasteiger partial charge in [0.15, 0.2) is 0 Å². The van der Waals surface area contributed by atoms with Gasteiger partial charge in [0.1, 0.15) is 11.6 Å². The first-order valence-corrected chi connectivity index (χ1v) is 6.89. The van der Waals surface area contributed by atoms with E-state index < -0.39 is 17.6 Å². The topological polar surface area (TPSA) is 55.4 Å². The number of nitrogens with one attached hydrogen (secondary N) is 1. The molecule has 4 heteroatoms. The molecule has 0 spiro atoms. The standard InChI is InChI=1S/C16H21NO3/c1-10(15(19)20-16(2,3)4)17-14(18)13-9-11-7-5-6-8-12(11)13/h5-8,10,13H,9H2,1-4H3,(H,17,18)/t10-,13?/m0/s1. The Morgan fingerprint density at radius 2 is 1.95 bits per heavy atom. The number of benzene rings is 1. The first-order valence-electron chi connectivity index (χ1n) is 6.89. The smallest absolute Gasteiger partial charge is 0.328 e. The molecule has 2 rings (SSSR count). The highest BCUT2D eigenvalue weighted by atomic mass is 16.6. The summed E-state index contributed by atoms with van der Waals surface area (Å²) in [5.74, 6) is -0.656. The monoisotopic (exact) mass is 275 g/mol. The highest BCUT2D eigenvalue weighted by Gasteiger charge is 2.33. The molecule has 2 atom stereocenters. The summed E-state index contributed by atoms with van der Waals surface area (Å²) in [5, 5.41) is 2.73. The summed E-state index contributed by atoms with van der Waals surface area (Å²) < 4.78 is 5.25. The van der Waals surface area contributed by atoms with Crippen molar-refractivity contribution in [1.82, 2.24) is 5.32 Å². The van der Waals surface area contributed by atoms with Crippen LogP contribution in [0.15, 0.2) is 24.3 Å². The molecule has 108 valence electrons. The number of hydrogen-bond donors (Lipinski definition) is 1. The summed E-state index contributed by atoms with van der Waals surface area (Å²) in [5.41, 5.74) is 1.72. The van der Waals surface area contributed by atoms with E-state index in [1.165, 1.54) is 5.56 Å². The van der Waals surface area contributed by atoms with Gasteiger partial charge in [0, 0.05) is 0 Å². The van der Waals surface area contributed by atoms with E-state index in [1.54, 1.807) is 6.92 Å². The molecule has 0 fully saturated rings. The van der Waals surface area contributed by atoms with Crippen LogP contribution < -0.4 is 5.32 Å². The molecule has 0 saturated heterocycles. The molecule has 0 radical (unpaired) electrons. The Hall–Kier alpha value is -1.84. The fraction of sp³-hybridized carbons (Fsp3) is 0.500. The van der Waals surface area contributed by atoms with Gasteiger partial charge in [-0.15, -0.1) is 0 Å². The van der Waals surface area contributed by atoms with Crippen molar-refractivity contribution in [3.63, 3.8) is 0 Å². The molecule has 1 aliphatic carbocycles. The Labute approximate surface area is 119 Å². The van der Waals surface area contributed by atoms with Crippen LogP contribution in [-0.2, 0) is 20.7 Å². The van der Waals surface area contributed by atoms with Gasteiger partial charge in [-0.3, -0.25) is 4.79 Å². The average Bonchev–Trinajstić information content (AvgIpc) is 2.28. The van der Waals surface area contributed by atoms with E-state index in [2.05, 4.69) is 5.32 Å². The van der Waals surface area contributed by atoms with Crippen LogP contribution in [0.1, 0.15) is 44.7 Å². The third-order valence-electron chi connectivity index (χ3n) is 3.29. The third-order valence-corrected chi connectivity index (χ3v) is 3.29. The van der Waals surface area contributed by atoms with Crippen LogP contribution in [0.3, 0.4) is 0 Å². The Morgan fingerprint density at radius 3 is 2.55 bits per heavy atom. The maximum Gasteiger partial charge on any atom is 0.328 e. The van der Waals surface area contributed by atoms with Crippen molar-refractivity contribution in [1.29, 1.82) is 0 Å². The van der Waals surface area contributed by atoms with Crippen molar-refractivity contribution in [3.8, 4) is 0 Å². The SMILES string of the molecule is C[C@H](NC(=O)C1Cc2ccccc21)C(=O)OC(C)(C)C. The molecule has 1 amide bonds. The average molecular weight is 275 g/mol. The molecule has 4 nitrogen and oxygen atoms in total. The van der Waals surface area contributed by atoms with E-state index in [-0.39, 0.29) is 11.8 Å². The largest absolute Gasteiger partial charge is 0.458 e. The zero-order valence-corrected chi connectivity index (χ0v) is 12.4. The lowest BCUT2D eigenvalue weighted by atomic mass is 9.77. The van der Waals surface area contributed by atoms with E-state index >= 15 is 0 Å². The minimum absolute atomic E-state index is 0.109. The molecule has 0 heterocycles. The molecule has 0 aliphatic heterocycles. The second kappa shape index (κ2) is 5.27. The summed E-state index contributed by atoms with van der Waals surface area (Å²) >= 11 is 0. The fourth-order valence-corrected chi connectivity index (χ4v) is 2.26. The van der Waals surface area contributed by atoms with Crippen LogP contribution in [0.2, 0.25) is 0 Å². The van der Waals surface area contributed by atoms with E-state index in [1.807, 2.05) is 45.0 Å². The first-order chi connectivity index (χ1) is 9.28. The number of esters is 1. The van der Waals surface area contributed by atoms with Crippen LogP contribution >= 0.6 is 0 Å². The molecule has 1 aromatic carbocycles. The van der Waals surface area contributed by atoms with Gasteiger partial charge in [-0.05, 0) is 45.2 Å². The van der Waals surface area contributed by atoms with E-state index in [0.29, 0.717) is 0 Å². The van der Waals surface area contributed by atoms with Crippen LogP contribution in [0.4, 0.5) is 0 Å². The molecule has 1 aliphatic rings. The Kier molecular flexibility index (Phi) is 3.84. The van der Waals surface area contributed by atoms with Crippen LogP contribution in [0.25, 0.3) is 0 Å². The second-order valence-electron chi connectivity index (χ2n) is 6.22. The molecule has 1 aromatic rings. The molecular formula is C16H21NO3. The predicted octanol–water partition coefficient (Wildman–Crippen LogP) is 2.17. The van der Waals surface area contributed by atoms with Gasteiger partial charge in [0.25, 0.3) is 0 Å². The van der Waals surface area contributed by atoms with Crippen LogP contribution in [-0.4, -0.2) is 23.5 Å². The summed E-state index contributed by atoms with van der Waals surface area (Å²) in [6, 6.07) is 7.25. The quantitative estimate of drug-likeness (QED) is 0.860. The van der Waals surface area contributed by atoms with Gasteiger partial charge in [0.05, 0.1) is 5.92 Å². The van der Waals surface area contributed by atoms with Crippen LogP contribution in [0, 0.1) is 0 Å². The number of rotatable bonds is 3. The molecule has 1 unspecified atom stereocenters. The lowest BCUT2D eigenvalue weighted by Crippen LogP contribution is -2.45. The van der Waals surface area contributed by atoms with Crippen molar-refractivity contribution in [2.75, 3.05) is 0 Å².